The van der Waals surface area contributed by atoms with Crippen molar-refractivity contribution in [2.45, 2.75) is 31.3 Å². The minimum absolute atomic E-state index is 0.125. The van der Waals surface area contributed by atoms with Gasteiger partial charge in [0, 0.05) is 35.7 Å². The van der Waals surface area contributed by atoms with Gasteiger partial charge in [0.15, 0.2) is 5.96 Å². The van der Waals surface area contributed by atoms with Crippen LogP contribution in [0.2, 0.25) is 0 Å². The summed E-state index contributed by atoms with van der Waals surface area (Å²) < 4.78 is 28.3. The molecule has 0 aliphatic carbocycles. The number of hydrogen-bond acceptors (Lipinski definition) is 5. The second-order valence-corrected chi connectivity index (χ2v) is 10.5. The Bertz CT molecular complexity index is 884. The van der Waals surface area contributed by atoms with Crippen LogP contribution >= 0.6 is 11.8 Å². The number of benzene rings is 2. The van der Waals surface area contributed by atoms with Gasteiger partial charge in [-0.25, -0.2) is 8.42 Å². The predicted octanol–water partition coefficient (Wildman–Crippen LogP) is 4.06. The fraction of sp³-hybridized carbons (Fsp3) is 0.409. The number of rotatable bonds is 11. The predicted molar refractivity (Wildman–Crippen MR) is 128 cm³/mol. The van der Waals surface area contributed by atoms with Gasteiger partial charge < -0.3 is 15.4 Å². The maximum Gasteiger partial charge on any atom is 0.195 e. The van der Waals surface area contributed by atoms with Crippen molar-refractivity contribution in [2.24, 2.45) is 4.99 Å². The summed E-state index contributed by atoms with van der Waals surface area (Å²) in [6.45, 7) is 5.14. The van der Waals surface area contributed by atoms with Crippen LogP contribution in [0.3, 0.4) is 0 Å². The standard InChI is InChI=1S/C22H31N3O3S2/c1-18(2)28-20-12-10-19(11-13-20)25-22(23-14-7-17-30(3,26)27)24-15-16-29-21-8-5-4-6-9-21/h4-6,8-13,18H,7,14-17H2,1-3H3,(H2,23,24,25). The average molecular weight is 450 g/mol. The second-order valence-electron chi connectivity index (χ2n) is 7.12. The minimum Gasteiger partial charge on any atom is -0.491 e. The van der Waals surface area contributed by atoms with Gasteiger partial charge in [-0.05, 0) is 56.7 Å². The van der Waals surface area contributed by atoms with E-state index in [1.807, 2.05) is 56.3 Å². The Labute approximate surface area is 184 Å². The molecule has 0 unspecified atom stereocenters. The van der Waals surface area contributed by atoms with Gasteiger partial charge in [0.2, 0.25) is 0 Å². The highest BCUT2D eigenvalue weighted by molar-refractivity contribution is 7.99. The van der Waals surface area contributed by atoms with E-state index in [1.165, 1.54) is 11.2 Å². The first-order valence-electron chi connectivity index (χ1n) is 9.99. The lowest BCUT2D eigenvalue weighted by Gasteiger charge is -2.14. The van der Waals surface area contributed by atoms with E-state index < -0.39 is 9.84 Å². The molecule has 0 saturated carbocycles. The van der Waals surface area contributed by atoms with Crippen LogP contribution in [0.5, 0.6) is 5.75 Å². The summed E-state index contributed by atoms with van der Waals surface area (Å²) in [4.78, 5) is 5.75. The molecule has 0 atom stereocenters. The monoisotopic (exact) mass is 449 g/mol. The Kier molecular flexibility index (Phi) is 10.0. The third-order valence-electron chi connectivity index (χ3n) is 3.84. The third-order valence-corrected chi connectivity index (χ3v) is 5.88. The zero-order valence-corrected chi connectivity index (χ0v) is 19.4. The number of ether oxygens (including phenoxy) is 1. The van der Waals surface area contributed by atoms with Crippen LogP contribution in [0.4, 0.5) is 5.69 Å². The minimum atomic E-state index is -2.97. The number of anilines is 1. The molecule has 2 aromatic rings. The molecule has 0 amide bonds. The molecule has 30 heavy (non-hydrogen) atoms. The van der Waals surface area contributed by atoms with Crippen molar-refractivity contribution in [1.82, 2.24) is 5.32 Å². The summed E-state index contributed by atoms with van der Waals surface area (Å²) in [5.41, 5.74) is 0.885. The average Bonchev–Trinajstić information content (AvgIpc) is 2.69. The fourth-order valence-corrected chi connectivity index (χ4v) is 3.98. The molecule has 0 aromatic heterocycles. The number of hydrogen-bond donors (Lipinski definition) is 2. The molecule has 2 aromatic carbocycles. The van der Waals surface area contributed by atoms with Crippen LogP contribution in [-0.4, -0.2) is 51.3 Å². The molecule has 2 rings (SSSR count). The normalized spacial score (nSPS) is 12.1. The molecule has 2 N–H and O–H groups in total. The Morgan fingerprint density at radius 1 is 1.10 bits per heavy atom. The lowest BCUT2D eigenvalue weighted by molar-refractivity contribution is 0.242. The van der Waals surface area contributed by atoms with Crippen LogP contribution < -0.4 is 15.4 Å². The summed E-state index contributed by atoms with van der Waals surface area (Å²) in [5.74, 6) is 2.47. The highest BCUT2D eigenvalue weighted by Crippen LogP contribution is 2.17. The highest BCUT2D eigenvalue weighted by atomic mass is 32.2. The van der Waals surface area contributed by atoms with E-state index in [2.05, 4.69) is 27.8 Å². The Balaban J connectivity index is 1.92. The van der Waals surface area contributed by atoms with Gasteiger partial charge in [0.05, 0.1) is 11.9 Å². The van der Waals surface area contributed by atoms with E-state index in [1.54, 1.807) is 11.8 Å². The molecule has 8 heteroatoms. The second kappa shape index (κ2) is 12.5. The quantitative estimate of drug-likeness (QED) is 0.233. The van der Waals surface area contributed by atoms with Gasteiger partial charge in [0.1, 0.15) is 15.6 Å². The summed E-state index contributed by atoms with van der Waals surface area (Å²) in [6, 6.07) is 17.9. The van der Waals surface area contributed by atoms with E-state index in [0.717, 1.165) is 23.7 Å². The topological polar surface area (TPSA) is 79.8 Å². The van der Waals surface area contributed by atoms with Crippen molar-refractivity contribution in [1.29, 1.82) is 0 Å². The van der Waals surface area contributed by atoms with E-state index in [0.29, 0.717) is 18.9 Å². The van der Waals surface area contributed by atoms with Gasteiger partial charge in [-0.2, -0.15) is 0 Å². The molecule has 6 nitrogen and oxygen atoms in total. The van der Waals surface area contributed by atoms with Gasteiger partial charge in [-0.1, -0.05) is 18.2 Å². The molecule has 0 spiro atoms. The zero-order chi connectivity index (χ0) is 21.8. The van der Waals surface area contributed by atoms with Crippen LogP contribution in [0.25, 0.3) is 0 Å². The Hall–Kier alpha value is -2.19. The maximum atomic E-state index is 11.3. The van der Waals surface area contributed by atoms with Crippen molar-refractivity contribution in [3.8, 4) is 5.75 Å². The number of nitrogens with zero attached hydrogens (tertiary/aromatic N) is 1. The first-order chi connectivity index (χ1) is 14.3. The highest BCUT2D eigenvalue weighted by Gasteiger charge is 2.04. The van der Waals surface area contributed by atoms with Crippen molar-refractivity contribution in [3.63, 3.8) is 0 Å². The molecule has 164 valence electrons. The molecule has 0 bridgehead atoms. The first kappa shape index (κ1) is 24.1. The zero-order valence-electron chi connectivity index (χ0n) is 17.8. The molecular weight excluding hydrogens is 418 g/mol. The van der Waals surface area contributed by atoms with Crippen LogP contribution in [0.15, 0.2) is 64.5 Å². The molecule has 0 aliphatic rings. The van der Waals surface area contributed by atoms with E-state index >= 15 is 0 Å². The number of aliphatic imine (C=N–C) groups is 1. The van der Waals surface area contributed by atoms with Crippen LogP contribution in [0.1, 0.15) is 20.3 Å². The summed E-state index contributed by atoms with van der Waals surface area (Å²) >= 11 is 1.77. The van der Waals surface area contributed by atoms with Crippen LogP contribution in [0, 0.1) is 0 Å². The molecular formula is C22H31N3O3S2. The SMILES string of the molecule is CC(C)Oc1ccc(NC(=NCCCS(C)(=O)=O)NCCSc2ccccc2)cc1. The number of guanidine groups is 1. The van der Waals surface area contributed by atoms with E-state index in [4.69, 9.17) is 4.74 Å². The van der Waals surface area contributed by atoms with Gasteiger partial charge in [-0.3, -0.25) is 4.99 Å². The van der Waals surface area contributed by atoms with E-state index in [9.17, 15) is 8.42 Å². The molecule has 0 heterocycles. The number of sulfone groups is 1. The fourth-order valence-electron chi connectivity index (χ4n) is 2.54. The Morgan fingerprint density at radius 3 is 2.43 bits per heavy atom. The molecule has 0 saturated heterocycles. The van der Waals surface area contributed by atoms with Crippen LogP contribution in [-0.2, 0) is 9.84 Å². The van der Waals surface area contributed by atoms with Crippen molar-refractivity contribution >= 4 is 33.2 Å². The molecule has 0 fully saturated rings. The van der Waals surface area contributed by atoms with Gasteiger partial charge >= 0.3 is 0 Å². The molecule has 0 aliphatic heterocycles. The largest absolute Gasteiger partial charge is 0.491 e. The lowest BCUT2D eigenvalue weighted by atomic mass is 10.3. The third kappa shape index (κ3) is 10.5. The number of thioether (sulfide) groups is 1. The van der Waals surface area contributed by atoms with Crippen molar-refractivity contribution < 1.29 is 13.2 Å². The van der Waals surface area contributed by atoms with E-state index in [-0.39, 0.29) is 11.9 Å². The lowest BCUT2D eigenvalue weighted by Crippen LogP contribution is -2.32. The van der Waals surface area contributed by atoms with Crippen molar-refractivity contribution in [2.75, 3.05) is 36.2 Å². The number of nitrogens with one attached hydrogen (secondary N) is 2. The first-order valence-corrected chi connectivity index (χ1v) is 13.0. The maximum absolute atomic E-state index is 11.3. The summed E-state index contributed by atoms with van der Waals surface area (Å²) in [5, 5.41) is 6.60. The Morgan fingerprint density at radius 2 is 1.80 bits per heavy atom. The smallest absolute Gasteiger partial charge is 0.195 e. The summed E-state index contributed by atoms with van der Waals surface area (Å²) in [6.07, 6.45) is 1.86. The van der Waals surface area contributed by atoms with Gasteiger partial charge in [-0.15, -0.1) is 11.8 Å². The van der Waals surface area contributed by atoms with Crippen molar-refractivity contribution in [3.05, 3.63) is 54.6 Å². The van der Waals surface area contributed by atoms with Gasteiger partial charge in [0.25, 0.3) is 0 Å². The summed E-state index contributed by atoms with van der Waals surface area (Å²) in [7, 11) is -2.97. The molecule has 0 radical (unpaired) electrons.